The Bertz CT molecular complexity index is 207. The highest BCUT2D eigenvalue weighted by molar-refractivity contribution is 4.74. The van der Waals surface area contributed by atoms with Crippen LogP contribution >= 0.6 is 0 Å². The Morgan fingerprint density at radius 1 is 0.850 bits per heavy atom. The van der Waals surface area contributed by atoms with Gasteiger partial charge in [-0.15, -0.1) is 0 Å². The van der Waals surface area contributed by atoms with E-state index < -0.39 is 0 Å². The summed E-state index contributed by atoms with van der Waals surface area (Å²) in [7, 11) is 0. The van der Waals surface area contributed by atoms with Gasteiger partial charge in [0.05, 0.1) is 12.2 Å². The van der Waals surface area contributed by atoms with E-state index in [0.29, 0.717) is 24.0 Å². The van der Waals surface area contributed by atoms with Gasteiger partial charge in [0.1, 0.15) is 0 Å². The third kappa shape index (κ3) is 7.64. The molecule has 2 nitrogen and oxygen atoms in total. The van der Waals surface area contributed by atoms with E-state index in [1.54, 1.807) is 0 Å². The molecule has 120 valence electrons. The second kappa shape index (κ2) is 10.6. The van der Waals surface area contributed by atoms with Gasteiger partial charge < -0.3 is 9.47 Å². The van der Waals surface area contributed by atoms with E-state index in [0.717, 1.165) is 19.6 Å². The first-order valence-corrected chi connectivity index (χ1v) is 8.88. The maximum Gasteiger partial charge on any atom is 0.0600 e. The molecular formula is C18H36O2. The van der Waals surface area contributed by atoms with Crippen molar-refractivity contribution in [2.24, 2.45) is 11.8 Å². The molecule has 0 aromatic heterocycles. The van der Waals surface area contributed by atoms with Gasteiger partial charge in [0.25, 0.3) is 0 Å². The summed E-state index contributed by atoms with van der Waals surface area (Å²) in [6.07, 6.45) is 10.8. The summed E-state index contributed by atoms with van der Waals surface area (Å²) in [6.45, 7) is 10.9. The van der Waals surface area contributed by atoms with Crippen molar-refractivity contribution in [2.45, 2.75) is 91.3 Å². The van der Waals surface area contributed by atoms with Crippen LogP contribution in [0.1, 0.15) is 79.1 Å². The number of hydrogen-bond acceptors (Lipinski definition) is 2. The first-order valence-electron chi connectivity index (χ1n) is 8.88. The monoisotopic (exact) mass is 284 g/mol. The smallest absolute Gasteiger partial charge is 0.0600 e. The lowest BCUT2D eigenvalue weighted by molar-refractivity contribution is -0.0587. The SMILES string of the molecule is CCCC(C)COC1CCCC(OCC(C)CCC)C1. The lowest BCUT2D eigenvalue weighted by atomic mass is 9.94. The molecule has 0 aromatic carbocycles. The summed E-state index contributed by atoms with van der Waals surface area (Å²) in [5.41, 5.74) is 0. The number of ether oxygens (including phenoxy) is 2. The lowest BCUT2D eigenvalue weighted by Gasteiger charge is -2.30. The fourth-order valence-electron chi connectivity index (χ4n) is 3.16. The summed E-state index contributed by atoms with van der Waals surface area (Å²) >= 11 is 0. The van der Waals surface area contributed by atoms with Gasteiger partial charge in [0, 0.05) is 13.2 Å². The van der Waals surface area contributed by atoms with Crippen molar-refractivity contribution in [3.63, 3.8) is 0 Å². The molecule has 0 bridgehead atoms. The van der Waals surface area contributed by atoms with Gasteiger partial charge in [0.2, 0.25) is 0 Å². The van der Waals surface area contributed by atoms with Gasteiger partial charge in [-0.3, -0.25) is 0 Å². The van der Waals surface area contributed by atoms with E-state index in [-0.39, 0.29) is 0 Å². The molecule has 0 radical (unpaired) electrons. The third-order valence-corrected chi connectivity index (χ3v) is 4.37. The predicted molar refractivity (Wildman–Crippen MR) is 86.1 cm³/mol. The zero-order valence-corrected chi connectivity index (χ0v) is 14.2. The lowest BCUT2D eigenvalue weighted by Crippen LogP contribution is -2.30. The molecule has 1 aliphatic carbocycles. The molecule has 0 N–H and O–H groups in total. The van der Waals surface area contributed by atoms with Crippen molar-refractivity contribution in [1.29, 1.82) is 0 Å². The third-order valence-electron chi connectivity index (χ3n) is 4.37. The highest BCUT2D eigenvalue weighted by Gasteiger charge is 2.23. The van der Waals surface area contributed by atoms with Crippen LogP contribution in [0.25, 0.3) is 0 Å². The minimum absolute atomic E-state index is 0.439. The number of hydrogen-bond donors (Lipinski definition) is 0. The average molecular weight is 284 g/mol. The van der Waals surface area contributed by atoms with E-state index >= 15 is 0 Å². The van der Waals surface area contributed by atoms with Crippen molar-refractivity contribution in [2.75, 3.05) is 13.2 Å². The highest BCUT2D eigenvalue weighted by Crippen LogP contribution is 2.25. The molecule has 1 aliphatic rings. The first-order chi connectivity index (χ1) is 9.65. The van der Waals surface area contributed by atoms with E-state index in [1.807, 2.05) is 0 Å². The average Bonchev–Trinajstić information content (AvgIpc) is 2.44. The van der Waals surface area contributed by atoms with Gasteiger partial charge in [0.15, 0.2) is 0 Å². The molecule has 1 saturated carbocycles. The molecule has 1 rings (SSSR count). The first kappa shape index (κ1) is 18.0. The maximum absolute atomic E-state index is 6.10. The summed E-state index contributed by atoms with van der Waals surface area (Å²) < 4.78 is 12.2. The van der Waals surface area contributed by atoms with Crippen molar-refractivity contribution in [3.8, 4) is 0 Å². The Labute approximate surface area is 126 Å². The van der Waals surface area contributed by atoms with E-state index in [1.165, 1.54) is 44.9 Å². The summed E-state index contributed by atoms with van der Waals surface area (Å²) in [4.78, 5) is 0. The Morgan fingerprint density at radius 2 is 1.30 bits per heavy atom. The van der Waals surface area contributed by atoms with Crippen molar-refractivity contribution >= 4 is 0 Å². The minimum Gasteiger partial charge on any atom is -0.378 e. The van der Waals surface area contributed by atoms with Crippen LogP contribution in [0.4, 0.5) is 0 Å². The van der Waals surface area contributed by atoms with Crippen molar-refractivity contribution < 1.29 is 9.47 Å². The molecule has 4 atom stereocenters. The molecule has 2 heteroatoms. The van der Waals surface area contributed by atoms with Gasteiger partial charge in [-0.1, -0.05) is 40.5 Å². The predicted octanol–water partition coefficient (Wildman–Crippen LogP) is 5.20. The fourth-order valence-corrected chi connectivity index (χ4v) is 3.16. The van der Waals surface area contributed by atoms with E-state index in [4.69, 9.17) is 9.47 Å². The Hall–Kier alpha value is -0.0800. The Kier molecular flexibility index (Phi) is 9.54. The largest absolute Gasteiger partial charge is 0.378 e. The van der Waals surface area contributed by atoms with E-state index in [9.17, 15) is 0 Å². The number of rotatable bonds is 10. The van der Waals surface area contributed by atoms with E-state index in [2.05, 4.69) is 27.7 Å². The molecule has 0 heterocycles. The van der Waals surface area contributed by atoms with Crippen molar-refractivity contribution in [3.05, 3.63) is 0 Å². The molecule has 0 saturated heterocycles. The van der Waals surface area contributed by atoms with Gasteiger partial charge in [-0.25, -0.2) is 0 Å². The molecule has 0 aromatic rings. The molecular weight excluding hydrogens is 248 g/mol. The summed E-state index contributed by atoms with van der Waals surface area (Å²) in [5.74, 6) is 1.40. The minimum atomic E-state index is 0.439. The fraction of sp³-hybridized carbons (Fsp3) is 1.00. The Balaban J connectivity index is 2.18. The van der Waals surface area contributed by atoms with Crippen LogP contribution in [0, 0.1) is 11.8 Å². The second-order valence-corrected chi connectivity index (χ2v) is 6.86. The quantitative estimate of drug-likeness (QED) is 0.548. The second-order valence-electron chi connectivity index (χ2n) is 6.86. The topological polar surface area (TPSA) is 18.5 Å². The molecule has 0 amide bonds. The zero-order chi connectivity index (χ0) is 14.8. The van der Waals surface area contributed by atoms with Crippen LogP contribution in [0.15, 0.2) is 0 Å². The maximum atomic E-state index is 6.10. The van der Waals surface area contributed by atoms with Crippen LogP contribution in [0.5, 0.6) is 0 Å². The highest BCUT2D eigenvalue weighted by atomic mass is 16.5. The van der Waals surface area contributed by atoms with Crippen LogP contribution in [-0.2, 0) is 9.47 Å². The van der Waals surface area contributed by atoms with Crippen LogP contribution in [0.3, 0.4) is 0 Å². The van der Waals surface area contributed by atoms with Crippen LogP contribution in [0.2, 0.25) is 0 Å². The van der Waals surface area contributed by atoms with Gasteiger partial charge in [-0.2, -0.15) is 0 Å². The standard InChI is InChI=1S/C18H36O2/c1-5-8-15(3)13-19-17-10-7-11-18(12-17)20-14-16(4)9-6-2/h15-18H,5-14H2,1-4H3. The van der Waals surface area contributed by atoms with Gasteiger partial charge >= 0.3 is 0 Å². The molecule has 4 unspecified atom stereocenters. The molecule has 0 spiro atoms. The van der Waals surface area contributed by atoms with Gasteiger partial charge in [-0.05, 0) is 50.4 Å². The van der Waals surface area contributed by atoms with Crippen LogP contribution in [-0.4, -0.2) is 25.4 Å². The summed E-state index contributed by atoms with van der Waals surface area (Å²) in [6, 6.07) is 0. The molecule has 20 heavy (non-hydrogen) atoms. The zero-order valence-electron chi connectivity index (χ0n) is 14.2. The van der Waals surface area contributed by atoms with Crippen molar-refractivity contribution in [1.82, 2.24) is 0 Å². The summed E-state index contributed by atoms with van der Waals surface area (Å²) in [5, 5.41) is 0. The molecule has 1 fully saturated rings. The Morgan fingerprint density at radius 3 is 1.70 bits per heavy atom. The molecule has 0 aliphatic heterocycles. The van der Waals surface area contributed by atoms with Crippen LogP contribution < -0.4 is 0 Å². The normalized spacial score (nSPS) is 26.4.